The lowest BCUT2D eigenvalue weighted by Crippen LogP contribution is -2.50. The molecule has 2 amide bonds. The Labute approximate surface area is 184 Å². The van der Waals surface area contributed by atoms with Gasteiger partial charge in [0.25, 0.3) is 0 Å². The highest BCUT2D eigenvalue weighted by Gasteiger charge is 2.32. The molecule has 0 aliphatic rings. The zero-order valence-corrected chi connectivity index (χ0v) is 20.2. The van der Waals surface area contributed by atoms with Crippen LogP contribution in [0.1, 0.15) is 91.4 Å². The molecule has 0 radical (unpaired) electrons. The Morgan fingerprint density at radius 2 is 1.80 bits per heavy atom. The first kappa shape index (κ1) is 26.5. The number of carbonyl (C=O) groups is 2. The van der Waals surface area contributed by atoms with Crippen LogP contribution < -0.4 is 10.6 Å². The summed E-state index contributed by atoms with van der Waals surface area (Å²) in [6.45, 7) is 13.0. The van der Waals surface area contributed by atoms with Gasteiger partial charge in [0.1, 0.15) is 12.1 Å². The van der Waals surface area contributed by atoms with Crippen LogP contribution in [-0.2, 0) is 9.59 Å². The second kappa shape index (κ2) is 11.2. The van der Waals surface area contributed by atoms with E-state index in [0.29, 0.717) is 18.0 Å². The van der Waals surface area contributed by atoms with Gasteiger partial charge in [0.2, 0.25) is 11.8 Å². The molecule has 1 aromatic heterocycles. The van der Waals surface area contributed by atoms with Crippen molar-refractivity contribution in [1.29, 1.82) is 0 Å². The van der Waals surface area contributed by atoms with E-state index in [1.165, 1.54) is 11.3 Å². The van der Waals surface area contributed by atoms with Gasteiger partial charge in [-0.25, -0.2) is 4.98 Å². The van der Waals surface area contributed by atoms with Crippen molar-refractivity contribution in [3.05, 3.63) is 11.1 Å². The van der Waals surface area contributed by atoms with Gasteiger partial charge < -0.3 is 20.8 Å². The summed E-state index contributed by atoms with van der Waals surface area (Å²) in [6, 6.07) is -0.726. The Bertz CT molecular complexity index is 691. The van der Waals surface area contributed by atoms with Crippen LogP contribution in [0.3, 0.4) is 0 Å². The van der Waals surface area contributed by atoms with Crippen LogP contribution in [0, 0.1) is 5.41 Å². The van der Waals surface area contributed by atoms with Crippen molar-refractivity contribution in [2.24, 2.45) is 5.41 Å². The Hall–Kier alpha value is -1.51. The Balaban J connectivity index is 2.69. The summed E-state index contributed by atoms with van der Waals surface area (Å²) in [7, 11) is 0. The normalized spacial score (nSPS) is 15.4. The molecule has 3 atom stereocenters. The highest BCUT2D eigenvalue weighted by Crippen LogP contribution is 2.30. The molecule has 7 nitrogen and oxygen atoms in total. The van der Waals surface area contributed by atoms with Gasteiger partial charge in [-0.05, 0) is 50.9 Å². The number of aliphatic hydroxyl groups excluding tert-OH is 1. The first-order valence-electron chi connectivity index (χ1n) is 10.7. The maximum Gasteiger partial charge on any atom is 0.250 e. The molecular formula is C22H39N3O4S. The molecule has 0 aliphatic carbocycles. The van der Waals surface area contributed by atoms with Crippen molar-refractivity contribution in [3.8, 4) is 0 Å². The van der Waals surface area contributed by atoms with E-state index >= 15 is 0 Å². The van der Waals surface area contributed by atoms with Gasteiger partial charge in [0.05, 0.1) is 5.60 Å². The minimum absolute atomic E-state index is 0.281. The summed E-state index contributed by atoms with van der Waals surface area (Å²) in [4.78, 5) is 30.4. The van der Waals surface area contributed by atoms with E-state index in [2.05, 4.69) is 22.5 Å². The van der Waals surface area contributed by atoms with E-state index < -0.39 is 29.1 Å². The highest BCUT2D eigenvalue weighted by molar-refractivity contribution is 7.15. The second-order valence-corrected chi connectivity index (χ2v) is 10.8. The van der Waals surface area contributed by atoms with Crippen LogP contribution in [0.25, 0.3) is 0 Å². The molecule has 0 fully saturated rings. The van der Waals surface area contributed by atoms with E-state index in [1.807, 2.05) is 20.8 Å². The number of nitrogens with zero attached hydrogens (tertiary/aromatic N) is 1. The van der Waals surface area contributed by atoms with Crippen molar-refractivity contribution in [2.75, 3.05) is 5.32 Å². The third kappa shape index (κ3) is 9.10. The number of hydrogen-bond acceptors (Lipinski definition) is 6. The van der Waals surface area contributed by atoms with Crippen LogP contribution in [0.5, 0.6) is 0 Å². The quantitative estimate of drug-likeness (QED) is 0.417. The lowest BCUT2D eigenvalue weighted by molar-refractivity contribution is -0.137. The van der Waals surface area contributed by atoms with E-state index in [1.54, 1.807) is 27.0 Å². The maximum atomic E-state index is 12.7. The monoisotopic (exact) mass is 441 g/mol. The molecule has 0 saturated heterocycles. The molecule has 172 valence electrons. The Morgan fingerprint density at radius 3 is 2.33 bits per heavy atom. The smallest absolute Gasteiger partial charge is 0.250 e. The van der Waals surface area contributed by atoms with Gasteiger partial charge in [-0.1, -0.05) is 41.0 Å². The molecular weight excluding hydrogens is 402 g/mol. The standard InChI is InChI=1S/C22H39N3O4S/c1-8-10-15(24-19(28)17(26)21(3,4)5)18(27)25-20-23-13-16(30-20)14(2)11-9-12-22(6,7)29/h13-15,17,26,29H,8-12H2,1-7H3,(H,24,28)(H,23,25,27)/t14-,15+,17-/m1/s1. The molecule has 1 aromatic rings. The lowest BCUT2D eigenvalue weighted by Gasteiger charge is -2.26. The fourth-order valence-corrected chi connectivity index (χ4v) is 3.85. The molecule has 1 rings (SSSR count). The van der Waals surface area contributed by atoms with Gasteiger partial charge >= 0.3 is 0 Å². The number of carbonyl (C=O) groups excluding carboxylic acids is 2. The Kier molecular flexibility index (Phi) is 9.91. The summed E-state index contributed by atoms with van der Waals surface area (Å²) in [6.07, 6.45) is 4.33. The minimum atomic E-state index is -1.19. The molecule has 0 saturated carbocycles. The van der Waals surface area contributed by atoms with Crippen LogP contribution in [0.4, 0.5) is 5.13 Å². The van der Waals surface area contributed by atoms with Crippen molar-refractivity contribution < 1.29 is 19.8 Å². The maximum absolute atomic E-state index is 12.7. The number of aliphatic hydroxyl groups is 2. The highest BCUT2D eigenvalue weighted by atomic mass is 32.1. The molecule has 8 heteroatoms. The number of aromatic nitrogens is 1. The first-order chi connectivity index (χ1) is 13.7. The molecule has 0 spiro atoms. The van der Waals surface area contributed by atoms with Crippen LogP contribution in [-0.4, -0.2) is 44.8 Å². The minimum Gasteiger partial charge on any atom is -0.390 e. The lowest BCUT2D eigenvalue weighted by atomic mass is 9.88. The number of thiazole rings is 1. The van der Waals surface area contributed by atoms with Crippen LogP contribution in [0.2, 0.25) is 0 Å². The average Bonchev–Trinajstić information content (AvgIpc) is 3.07. The second-order valence-electron chi connectivity index (χ2n) is 9.78. The summed E-state index contributed by atoms with van der Waals surface area (Å²) < 4.78 is 0. The first-order valence-corrected chi connectivity index (χ1v) is 11.5. The van der Waals surface area contributed by atoms with Crippen molar-refractivity contribution in [2.45, 2.75) is 104 Å². The fourth-order valence-electron chi connectivity index (χ4n) is 2.95. The predicted octanol–water partition coefficient (Wildman–Crippen LogP) is 3.82. The van der Waals surface area contributed by atoms with Gasteiger partial charge in [0, 0.05) is 11.1 Å². The van der Waals surface area contributed by atoms with Gasteiger partial charge in [-0.2, -0.15) is 0 Å². The third-order valence-electron chi connectivity index (χ3n) is 4.94. The zero-order valence-electron chi connectivity index (χ0n) is 19.4. The van der Waals surface area contributed by atoms with E-state index in [9.17, 15) is 19.8 Å². The van der Waals surface area contributed by atoms with Gasteiger partial charge in [-0.3, -0.25) is 9.59 Å². The zero-order chi connectivity index (χ0) is 23.1. The van der Waals surface area contributed by atoms with Crippen LogP contribution >= 0.6 is 11.3 Å². The molecule has 30 heavy (non-hydrogen) atoms. The number of anilines is 1. The molecule has 4 N–H and O–H groups in total. The predicted molar refractivity (Wildman–Crippen MR) is 122 cm³/mol. The largest absolute Gasteiger partial charge is 0.390 e. The van der Waals surface area contributed by atoms with E-state index in [-0.39, 0.29) is 11.8 Å². The number of nitrogens with one attached hydrogen (secondary N) is 2. The molecule has 0 bridgehead atoms. The average molecular weight is 442 g/mol. The molecule has 0 unspecified atom stereocenters. The van der Waals surface area contributed by atoms with Crippen molar-refractivity contribution in [1.82, 2.24) is 10.3 Å². The van der Waals surface area contributed by atoms with Gasteiger partial charge in [-0.15, -0.1) is 11.3 Å². The third-order valence-corrected chi connectivity index (χ3v) is 6.09. The summed E-state index contributed by atoms with van der Waals surface area (Å²) in [5.74, 6) is -0.596. The Morgan fingerprint density at radius 1 is 1.17 bits per heavy atom. The van der Waals surface area contributed by atoms with Crippen LogP contribution in [0.15, 0.2) is 6.20 Å². The number of rotatable bonds is 11. The van der Waals surface area contributed by atoms with E-state index in [4.69, 9.17) is 0 Å². The number of hydrogen-bond donors (Lipinski definition) is 4. The molecule has 0 aromatic carbocycles. The summed E-state index contributed by atoms with van der Waals surface area (Å²) in [5.41, 5.74) is -1.27. The fraction of sp³-hybridized carbons (Fsp3) is 0.773. The summed E-state index contributed by atoms with van der Waals surface area (Å²) >= 11 is 1.42. The van der Waals surface area contributed by atoms with E-state index in [0.717, 1.165) is 24.1 Å². The van der Waals surface area contributed by atoms with Gasteiger partial charge in [0.15, 0.2) is 5.13 Å². The molecule has 0 aliphatic heterocycles. The topological polar surface area (TPSA) is 112 Å². The van der Waals surface area contributed by atoms with Crippen molar-refractivity contribution >= 4 is 28.3 Å². The SMILES string of the molecule is CCC[C@H](NC(=O)[C@@H](O)C(C)(C)C)C(=O)Nc1ncc([C@H](C)CCCC(C)(C)O)s1. The van der Waals surface area contributed by atoms with Crippen molar-refractivity contribution in [3.63, 3.8) is 0 Å². The molecule has 1 heterocycles. The summed E-state index contributed by atoms with van der Waals surface area (Å²) in [5, 5.41) is 26.0. The number of amides is 2.